The number of carbonyl (C=O) groups is 2. The van der Waals surface area contributed by atoms with E-state index in [1.807, 2.05) is 0 Å². The number of allylic oxidation sites excluding steroid dienone is 4. The second-order valence-electron chi connectivity index (χ2n) is 7.64. The lowest BCUT2D eigenvalue weighted by Gasteiger charge is -2.45. The summed E-state index contributed by atoms with van der Waals surface area (Å²) in [5, 5.41) is 26.0. The quantitative estimate of drug-likeness (QED) is 0.320. The summed E-state index contributed by atoms with van der Waals surface area (Å²) in [5.41, 5.74) is -0.717. The normalized spacial score (nSPS) is 28.1. The van der Waals surface area contributed by atoms with E-state index in [2.05, 4.69) is 17.3 Å². The van der Waals surface area contributed by atoms with Crippen LogP contribution in [0.1, 0.15) is 30.1 Å². The Labute approximate surface area is 170 Å². The summed E-state index contributed by atoms with van der Waals surface area (Å²) in [4.78, 5) is 50.5. The van der Waals surface area contributed by atoms with Gasteiger partial charge in [-0.25, -0.2) is 4.79 Å². The maximum Gasteiger partial charge on any atom is 0.372 e. The summed E-state index contributed by atoms with van der Waals surface area (Å²) >= 11 is 0. The van der Waals surface area contributed by atoms with Crippen molar-refractivity contribution in [2.75, 3.05) is 0 Å². The van der Waals surface area contributed by atoms with Crippen molar-refractivity contribution >= 4 is 28.8 Å². The highest BCUT2D eigenvalue weighted by atomic mass is 16.7. The van der Waals surface area contributed by atoms with Crippen LogP contribution in [0.15, 0.2) is 47.2 Å². The summed E-state index contributed by atoms with van der Waals surface area (Å²) < 4.78 is 0. The predicted molar refractivity (Wildman–Crippen MR) is 104 cm³/mol. The van der Waals surface area contributed by atoms with Crippen molar-refractivity contribution < 1.29 is 24.3 Å². The minimum absolute atomic E-state index is 0.0651. The van der Waals surface area contributed by atoms with Gasteiger partial charge in [0.1, 0.15) is 5.56 Å². The molecule has 10 heteroatoms. The van der Waals surface area contributed by atoms with E-state index in [9.17, 15) is 29.8 Å². The largest absolute Gasteiger partial charge is 0.372 e. The summed E-state index contributed by atoms with van der Waals surface area (Å²) in [6.07, 6.45) is 7.55. The van der Waals surface area contributed by atoms with Gasteiger partial charge in [-0.15, -0.1) is 0 Å². The molecule has 4 aliphatic rings. The number of benzene rings is 1. The lowest BCUT2D eigenvalue weighted by atomic mass is 9.57. The molecule has 4 atom stereocenters. The fourth-order valence-corrected chi connectivity index (χ4v) is 4.59. The van der Waals surface area contributed by atoms with Crippen molar-refractivity contribution in [3.8, 4) is 0 Å². The molecule has 30 heavy (non-hydrogen) atoms. The summed E-state index contributed by atoms with van der Waals surface area (Å²) in [6.45, 7) is 1.68. The molecule has 0 heterocycles. The van der Waals surface area contributed by atoms with Gasteiger partial charge < -0.3 is 4.84 Å². The molecule has 1 aromatic carbocycles. The van der Waals surface area contributed by atoms with Crippen molar-refractivity contribution in [2.24, 2.45) is 28.8 Å². The molecule has 154 valence electrons. The van der Waals surface area contributed by atoms with E-state index in [1.165, 1.54) is 0 Å². The number of ketones is 1. The third-order valence-electron chi connectivity index (χ3n) is 5.99. The first-order valence-corrected chi connectivity index (χ1v) is 9.41. The fraction of sp³-hybridized carbons (Fsp3) is 0.350. The first kappa shape index (κ1) is 19.6. The highest BCUT2D eigenvalue weighted by Gasteiger charge is 2.48. The van der Waals surface area contributed by atoms with Crippen molar-refractivity contribution in [2.45, 2.75) is 19.8 Å². The number of non-ortho nitro benzene ring substituents is 1. The smallest absolute Gasteiger partial charge is 0.312 e. The molecule has 0 radical (unpaired) electrons. The first-order valence-electron chi connectivity index (χ1n) is 9.41. The highest BCUT2D eigenvalue weighted by molar-refractivity contribution is 6.13. The molecule has 0 saturated heterocycles. The molecule has 1 saturated carbocycles. The average molecular weight is 411 g/mol. The zero-order chi connectivity index (χ0) is 21.6. The standard InChI is InChI=1S/C20H17N3O7/c1-10-8-15(17-11-2-4-12(5-3-11)18(17)19(10)24)21-30-20(25)14-7-6-13(22(26)27)9-16(14)23(28)29/h2,4,6-9,11-12,17-18H,3,5H2,1H3/b21-15+/t11-,12+,17-,18+/m1/s1. The van der Waals surface area contributed by atoms with Gasteiger partial charge in [0.25, 0.3) is 11.4 Å². The SMILES string of the molecule is CC1=C/C(=N\OC(=O)c2ccc([N+](=O)[O-])cc2[N+](=O)[O-])[C@@H]2[C@@H](C1=O)[C@H]1C=C[C@@H]2CC1. The Balaban J connectivity index is 1.64. The Hall–Kier alpha value is -3.69. The second kappa shape index (κ2) is 7.29. The Morgan fingerprint density at radius 3 is 2.37 bits per heavy atom. The molecule has 1 fully saturated rings. The monoisotopic (exact) mass is 411 g/mol. The lowest BCUT2D eigenvalue weighted by Crippen LogP contribution is -2.47. The van der Waals surface area contributed by atoms with Crippen LogP contribution in [-0.2, 0) is 9.63 Å². The topological polar surface area (TPSA) is 142 Å². The number of rotatable bonds is 4. The van der Waals surface area contributed by atoms with Crippen molar-refractivity contribution in [3.63, 3.8) is 0 Å². The van der Waals surface area contributed by atoms with E-state index in [4.69, 9.17) is 4.84 Å². The number of hydrogen-bond acceptors (Lipinski definition) is 8. The molecule has 0 spiro atoms. The van der Waals surface area contributed by atoms with Crippen molar-refractivity contribution in [1.82, 2.24) is 0 Å². The fourth-order valence-electron chi connectivity index (χ4n) is 4.59. The van der Waals surface area contributed by atoms with Crippen LogP contribution < -0.4 is 0 Å². The number of hydrogen-bond donors (Lipinski definition) is 0. The van der Waals surface area contributed by atoms with Gasteiger partial charge in [0.2, 0.25) is 0 Å². The Morgan fingerprint density at radius 1 is 1.10 bits per heavy atom. The van der Waals surface area contributed by atoms with Crippen molar-refractivity contribution in [3.05, 3.63) is 67.8 Å². The van der Waals surface area contributed by atoms with E-state index >= 15 is 0 Å². The molecule has 0 unspecified atom stereocenters. The number of Topliss-reactive ketones (excluding diaryl/α,β-unsaturated/α-hetero) is 1. The number of nitrogens with zero attached hydrogens (tertiary/aromatic N) is 3. The minimum Gasteiger partial charge on any atom is -0.312 e. The van der Waals surface area contributed by atoms with Crippen LogP contribution >= 0.6 is 0 Å². The van der Waals surface area contributed by atoms with Crippen LogP contribution in [0.3, 0.4) is 0 Å². The van der Waals surface area contributed by atoms with Gasteiger partial charge in [0, 0.05) is 17.9 Å². The van der Waals surface area contributed by atoms with Gasteiger partial charge in [-0.05, 0) is 49.3 Å². The molecule has 0 amide bonds. The molecule has 0 aromatic heterocycles. The van der Waals surface area contributed by atoms with E-state index in [0.717, 1.165) is 25.0 Å². The van der Waals surface area contributed by atoms with Crippen LogP contribution in [-0.4, -0.2) is 27.3 Å². The number of nitro benzene ring substituents is 2. The Kier molecular flexibility index (Phi) is 4.76. The third kappa shape index (κ3) is 3.19. The average Bonchev–Trinajstić information content (AvgIpc) is 2.74. The van der Waals surface area contributed by atoms with E-state index < -0.39 is 32.8 Å². The zero-order valence-corrected chi connectivity index (χ0v) is 15.9. The van der Waals surface area contributed by atoms with E-state index in [-0.39, 0.29) is 29.5 Å². The molecule has 5 rings (SSSR count). The lowest BCUT2D eigenvalue weighted by molar-refractivity contribution is -0.394. The van der Waals surface area contributed by atoms with Gasteiger partial charge in [0.05, 0.1) is 21.6 Å². The van der Waals surface area contributed by atoms with Crippen molar-refractivity contribution in [1.29, 1.82) is 0 Å². The second-order valence-corrected chi connectivity index (χ2v) is 7.64. The van der Waals surface area contributed by atoms with Gasteiger partial charge in [-0.2, -0.15) is 0 Å². The summed E-state index contributed by atoms with van der Waals surface area (Å²) in [5.74, 6) is -1.25. The van der Waals surface area contributed by atoms with E-state index in [0.29, 0.717) is 17.4 Å². The molecule has 0 aliphatic heterocycles. The minimum atomic E-state index is -1.10. The maximum atomic E-state index is 12.7. The summed E-state index contributed by atoms with van der Waals surface area (Å²) in [7, 11) is 0. The number of carbonyl (C=O) groups excluding carboxylic acids is 2. The molecule has 10 nitrogen and oxygen atoms in total. The van der Waals surface area contributed by atoms with Crippen LogP contribution in [0.5, 0.6) is 0 Å². The third-order valence-corrected chi connectivity index (χ3v) is 5.99. The number of oxime groups is 1. The molecule has 4 aliphatic carbocycles. The maximum absolute atomic E-state index is 12.7. The van der Waals surface area contributed by atoms with Crippen LogP contribution in [0.4, 0.5) is 11.4 Å². The van der Waals surface area contributed by atoms with Gasteiger partial charge >= 0.3 is 5.97 Å². The first-order chi connectivity index (χ1) is 14.3. The van der Waals surface area contributed by atoms with Crippen LogP contribution in [0.25, 0.3) is 0 Å². The Bertz CT molecular complexity index is 1070. The molecule has 2 bridgehead atoms. The molecular weight excluding hydrogens is 394 g/mol. The Morgan fingerprint density at radius 2 is 1.77 bits per heavy atom. The molecule has 1 aromatic rings. The zero-order valence-electron chi connectivity index (χ0n) is 15.9. The van der Waals surface area contributed by atoms with Gasteiger partial charge in [0.15, 0.2) is 5.78 Å². The highest BCUT2D eigenvalue weighted by Crippen LogP contribution is 2.48. The summed E-state index contributed by atoms with van der Waals surface area (Å²) in [6, 6.07) is 2.66. The number of nitro groups is 2. The molecule has 0 N–H and O–H groups in total. The van der Waals surface area contributed by atoms with Crippen LogP contribution in [0, 0.1) is 43.9 Å². The van der Waals surface area contributed by atoms with Gasteiger partial charge in [-0.3, -0.25) is 25.0 Å². The molecular formula is C20H17N3O7. The predicted octanol–water partition coefficient (Wildman–Crippen LogP) is 3.37. The van der Waals surface area contributed by atoms with Crippen LogP contribution in [0.2, 0.25) is 0 Å². The van der Waals surface area contributed by atoms with Gasteiger partial charge in [-0.1, -0.05) is 17.3 Å². The number of fused-ring (bicyclic) bond motifs is 1. The van der Waals surface area contributed by atoms with E-state index in [1.54, 1.807) is 13.0 Å².